The van der Waals surface area contributed by atoms with Crippen LogP contribution in [0.25, 0.3) is 16.6 Å². The molecule has 69 heavy (non-hydrogen) atoms. The van der Waals surface area contributed by atoms with E-state index in [2.05, 4.69) is 42.6 Å². The lowest BCUT2D eigenvalue weighted by Gasteiger charge is -2.42. The Hall–Kier alpha value is -5.53. The highest BCUT2D eigenvalue weighted by atomic mass is 32.2. The van der Waals surface area contributed by atoms with Gasteiger partial charge in [0.1, 0.15) is 24.2 Å². The van der Waals surface area contributed by atoms with Crippen LogP contribution in [0.1, 0.15) is 103 Å². The number of halogens is 3. The number of carbonyl (C=O) groups is 3. The van der Waals surface area contributed by atoms with E-state index in [1.54, 1.807) is 28.7 Å². The monoisotopic (exact) mass is 971 g/mol. The zero-order valence-corrected chi connectivity index (χ0v) is 39.1. The maximum Gasteiger partial charge on any atom is 0.284 e. The quantitative estimate of drug-likeness (QED) is 0.0961. The van der Waals surface area contributed by atoms with Crippen molar-refractivity contribution in [3.8, 4) is 11.8 Å². The molecule has 0 spiro atoms. The van der Waals surface area contributed by atoms with E-state index in [4.69, 9.17) is 14.6 Å². The number of hydrogen-bond donors (Lipinski definition) is 3. The number of alkyl halides is 3. The molecule has 7 heterocycles. The molecule has 3 aliphatic heterocycles. The summed E-state index contributed by atoms with van der Waals surface area (Å²) in [7, 11) is 0. The lowest BCUT2D eigenvalue weighted by molar-refractivity contribution is -0.134. The molecule has 366 valence electrons. The number of hydrogen-bond acceptors (Lipinski definition) is 13. The molecule has 5 fully saturated rings. The molecule has 1 aromatic carbocycles. The van der Waals surface area contributed by atoms with Gasteiger partial charge in [-0.15, -0.1) is 0 Å². The van der Waals surface area contributed by atoms with Gasteiger partial charge in [-0.05, 0) is 75.0 Å². The van der Waals surface area contributed by atoms with E-state index in [9.17, 15) is 28.3 Å². The highest BCUT2D eigenvalue weighted by molar-refractivity contribution is 7.98. The van der Waals surface area contributed by atoms with Crippen LogP contribution in [0, 0.1) is 23.7 Å². The van der Waals surface area contributed by atoms with E-state index in [1.807, 2.05) is 34.0 Å². The molecular formula is C48H56F3N11O6S. The molecule has 21 heteroatoms. The van der Waals surface area contributed by atoms with E-state index < -0.39 is 36.2 Å². The van der Waals surface area contributed by atoms with Gasteiger partial charge in [-0.1, -0.05) is 24.0 Å². The topological polar surface area (TPSA) is 186 Å². The average molecular weight is 972 g/mol. The molecule has 5 aliphatic rings. The van der Waals surface area contributed by atoms with Crippen molar-refractivity contribution in [2.24, 2.45) is 11.8 Å². The number of morpholine rings is 1. The van der Waals surface area contributed by atoms with E-state index in [0.717, 1.165) is 54.4 Å². The number of piperidine rings is 2. The fourth-order valence-electron chi connectivity index (χ4n) is 10.5. The Bertz CT molecular complexity index is 2760. The van der Waals surface area contributed by atoms with Crippen molar-refractivity contribution in [2.75, 3.05) is 74.8 Å². The van der Waals surface area contributed by atoms with Crippen LogP contribution in [0.15, 0.2) is 42.9 Å². The Morgan fingerprint density at radius 3 is 2.67 bits per heavy atom. The van der Waals surface area contributed by atoms with Crippen molar-refractivity contribution in [1.29, 1.82) is 0 Å². The van der Waals surface area contributed by atoms with Crippen molar-refractivity contribution in [1.82, 2.24) is 44.4 Å². The Morgan fingerprint density at radius 2 is 1.90 bits per heavy atom. The van der Waals surface area contributed by atoms with Crippen LogP contribution in [-0.4, -0.2) is 145 Å². The first-order valence-electron chi connectivity index (χ1n) is 23.9. The number of benzene rings is 1. The second-order valence-electron chi connectivity index (χ2n) is 18.9. The second kappa shape index (κ2) is 20.4. The third-order valence-corrected chi connectivity index (χ3v) is 14.9. The highest BCUT2D eigenvalue weighted by Gasteiger charge is 2.40. The highest BCUT2D eigenvalue weighted by Crippen LogP contribution is 2.41. The van der Waals surface area contributed by atoms with Crippen molar-refractivity contribution >= 4 is 57.5 Å². The predicted octanol–water partition coefficient (Wildman–Crippen LogP) is 5.32. The zero-order valence-electron chi connectivity index (χ0n) is 38.3. The number of thioether (sulfide) groups is 1. The number of nitrogens with zero attached hydrogens (tertiary/aromatic N) is 9. The summed E-state index contributed by atoms with van der Waals surface area (Å²) in [6.45, 7) is 2.95. The van der Waals surface area contributed by atoms with Gasteiger partial charge in [0.05, 0.1) is 72.1 Å². The summed E-state index contributed by atoms with van der Waals surface area (Å²) in [5.41, 5.74) is 2.08. The number of nitrogens with one attached hydrogen (secondary N) is 2. The van der Waals surface area contributed by atoms with Gasteiger partial charge in [-0.3, -0.25) is 34.0 Å². The van der Waals surface area contributed by atoms with Crippen LogP contribution in [0.3, 0.4) is 0 Å². The maximum atomic E-state index is 16.1. The predicted molar refractivity (Wildman–Crippen MR) is 251 cm³/mol. The number of likely N-dealkylation sites (tertiary alicyclic amines) is 1. The summed E-state index contributed by atoms with van der Waals surface area (Å²) in [6, 6.07) is 7.62. The van der Waals surface area contributed by atoms with Crippen molar-refractivity contribution in [2.45, 2.75) is 94.2 Å². The largest absolute Gasteiger partial charge is 0.394 e. The number of anilines is 2. The van der Waals surface area contributed by atoms with Gasteiger partial charge in [0.25, 0.3) is 12.3 Å². The lowest BCUT2D eigenvalue weighted by Crippen LogP contribution is -2.53. The molecule has 17 nitrogen and oxygen atoms in total. The van der Waals surface area contributed by atoms with E-state index in [1.165, 1.54) is 16.9 Å². The molecule has 2 saturated carbocycles. The van der Waals surface area contributed by atoms with Crippen LogP contribution < -0.4 is 15.5 Å². The summed E-state index contributed by atoms with van der Waals surface area (Å²) in [5, 5.41) is 29.0. The lowest BCUT2D eigenvalue weighted by atomic mass is 9.84. The van der Waals surface area contributed by atoms with E-state index in [0.29, 0.717) is 62.9 Å². The van der Waals surface area contributed by atoms with Crippen LogP contribution in [0.4, 0.5) is 24.7 Å². The number of rotatable bonds is 14. The number of imide groups is 1. The molecule has 5 aromatic rings. The third-order valence-electron chi connectivity index (χ3n) is 14.1. The fraction of sp³-hybridized carbons (Fsp3) is 0.562. The molecule has 3 unspecified atom stereocenters. The molecule has 2 aliphatic carbocycles. The fourth-order valence-corrected chi connectivity index (χ4v) is 11.2. The van der Waals surface area contributed by atoms with E-state index >= 15 is 4.39 Å². The van der Waals surface area contributed by atoms with Gasteiger partial charge in [0, 0.05) is 62.8 Å². The van der Waals surface area contributed by atoms with Crippen LogP contribution in [-0.2, 0) is 19.1 Å². The van der Waals surface area contributed by atoms with Crippen LogP contribution >= 0.6 is 11.8 Å². The van der Waals surface area contributed by atoms with Gasteiger partial charge in [-0.2, -0.15) is 27.1 Å². The number of fused-ring (bicyclic) bond motifs is 2. The number of aliphatic hydroxyl groups excluding tert-OH is 1. The summed E-state index contributed by atoms with van der Waals surface area (Å²) in [4.78, 5) is 47.1. The first kappa shape index (κ1) is 47.2. The molecule has 3 saturated heterocycles. The number of para-hydroxylation sites is 1. The zero-order chi connectivity index (χ0) is 47.8. The van der Waals surface area contributed by atoms with Gasteiger partial charge >= 0.3 is 0 Å². The van der Waals surface area contributed by atoms with Crippen LogP contribution in [0.2, 0.25) is 0 Å². The van der Waals surface area contributed by atoms with Crippen molar-refractivity contribution < 1.29 is 42.1 Å². The minimum absolute atomic E-state index is 0.0499. The van der Waals surface area contributed by atoms with Gasteiger partial charge in [0.15, 0.2) is 11.3 Å². The minimum Gasteiger partial charge on any atom is -0.394 e. The Kier molecular flexibility index (Phi) is 14.0. The molecular weight excluding hydrogens is 916 g/mol. The standard InChI is InChI=1S/C48H56F3N11O6S/c1-69-27-30-22-58(24-37(49)44(30)68-18-3-5-29-4-2-6-34-41(35-13-14-40(64)55-47(35)65)57-62(43(29)34)32-11-12-32)21-28-7-9-31(10-8-28)61-25-38(42(56-61)45(50)51)53-48(66)36-20-52-60-16-15-39(54-46(36)60)59-17-19-67-33(23-59)26-63/h2,4,6,15-16,20,25,28,30-33,35,37,44-45,63H,7-14,17-19,21-24,26-27H2,1H3,(H,53,66)(H,55,64,65)/t28?,30?,31?,33?,35?,37-,44+/m0/s1. The molecule has 4 aromatic heterocycles. The number of carbonyl (C=O) groups excluding carboxylic acids is 3. The summed E-state index contributed by atoms with van der Waals surface area (Å²) < 4.78 is 61.7. The molecule has 0 bridgehead atoms. The first-order chi connectivity index (χ1) is 33.5. The summed E-state index contributed by atoms with van der Waals surface area (Å²) in [6.07, 6.45) is 7.08. The number of aromatic nitrogens is 7. The number of aliphatic hydroxyl groups is 1. The maximum absolute atomic E-state index is 16.1. The van der Waals surface area contributed by atoms with Gasteiger partial charge in [-0.25, -0.2) is 22.7 Å². The molecule has 3 N–H and O–H groups in total. The average Bonchev–Trinajstić information content (AvgIpc) is 3.77. The normalized spacial score (nSPS) is 25.8. The Morgan fingerprint density at radius 1 is 1.07 bits per heavy atom. The van der Waals surface area contributed by atoms with Crippen molar-refractivity contribution in [3.63, 3.8) is 0 Å². The van der Waals surface area contributed by atoms with E-state index in [-0.39, 0.29) is 79.0 Å². The summed E-state index contributed by atoms with van der Waals surface area (Å²) in [5.74, 6) is 6.21. The van der Waals surface area contributed by atoms with Gasteiger partial charge < -0.3 is 24.8 Å². The first-order valence-corrected chi connectivity index (χ1v) is 25.3. The molecule has 10 rings (SSSR count). The number of amides is 3. The van der Waals surface area contributed by atoms with Crippen molar-refractivity contribution in [3.05, 3.63) is 65.4 Å². The second-order valence-corrected chi connectivity index (χ2v) is 19.8. The Balaban J connectivity index is 0.741. The Labute approximate surface area is 400 Å². The third kappa shape index (κ3) is 10.1. The molecule has 0 radical (unpaired) electrons. The van der Waals surface area contributed by atoms with Crippen LogP contribution in [0.5, 0.6) is 0 Å². The molecule has 5 atom stereocenters. The smallest absolute Gasteiger partial charge is 0.284 e. The van der Waals surface area contributed by atoms with Gasteiger partial charge in [0.2, 0.25) is 11.8 Å². The summed E-state index contributed by atoms with van der Waals surface area (Å²) >= 11 is 1.66. The molecule has 3 amide bonds. The SMILES string of the molecule is CSCC1CN(CC2CCC(n3cc(NC(=O)c4cnn5ccc(N6CCOC(CO)C6)nc45)c(C(F)F)n3)CC2)C[C@H](F)[C@@H]1OCC#Cc1cccc2c(C3CCC(=O)NC3=O)nn(C3CC3)c12. The minimum atomic E-state index is -2.92. The number of ether oxygens (including phenoxy) is 2.